The summed E-state index contributed by atoms with van der Waals surface area (Å²) in [6.45, 7) is 1.85. The van der Waals surface area contributed by atoms with Gasteiger partial charge in [0.2, 0.25) is 11.0 Å². The Kier molecular flexibility index (Phi) is 7.94. The molecule has 1 unspecified atom stereocenters. The molecule has 0 aliphatic carbocycles. The van der Waals surface area contributed by atoms with E-state index in [4.69, 9.17) is 4.42 Å². The van der Waals surface area contributed by atoms with Gasteiger partial charge in [0.05, 0.1) is 15.1 Å². The first-order valence-electron chi connectivity index (χ1n) is 12.4. The molecule has 5 rings (SSSR count). The molecule has 0 saturated heterocycles. The van der Waals surface area contributed by atoms with Crippen LogP contribution in [-0.2, 0) is 21.2 Å². The van der Waals surface area contributed by atoms with Crippen molar-refractivity contribution in [2.45, 2.75) is 37.1 Å². The van der Waals surface area contributed by atoms with E-state index < -0.39 is 15.9 Å². The highest BCUT2D eigenvalue weighted by Crippen LogP contribution is 2.31. The van der Waals surface area contributed by atoms with Crippen molar-refractivity contribution in [3.8, 4) is 11.3 Å². The zero-order chi connectivity index (χ0) is 27.2. The monoisotopic (exact) mass is 558 g/mol. The van der Waals surface area contributed by atoms with E-state index in [0.29, 0.717) is 35.1 Å². The predicted octanol–water partition coefficient (Wildman–Crippen LogP) is 7.23. The number of rotatable bonds is 10. The summed E-state index contributed by atoms with van der Waals surface area (Å²) in [6.07, 6.45) is 1.36. The highest BCUT2D eigenvalue weighted by Gasteiger charge is 2.19. The van der Waals surface area contributed by atoms with Crippen LogP contribution in [0.1, 0.15) is 37.1 Å². The molecule has 1 atom stereocenters. The van der Waals surface area contributed by atoms with Gasteiger partial charge in [-0.05, 0) is 61.7 Å². The number of benzene rings is 3. The Bertz CT molecular complexity index is 1690. The van der Waals surface area contributed by atoms with E-state index >= 15 is 0 Å². The van der Waals surface area contributed by atoms with Crippen molar-refractivity contribution in [1.29, 1.82) is 0 Å². The topological polar surface area (TPSA) is 114 Å². The van der Waals surface area contributed by atoms with Crippen LogP contribution >= 0.6 is 11.3 Å². The van der Waals surface area contributed by atoms with E-state index in [1.165, 1.54) is 23.5 Å². The van der Waals surface area contributed by atoms with Gasteiger partial charge in [0.15, 0.2) is 0 Å². The van der Waals surface area contributed by atoms with Gasteiger partial charge >= 0.3 is 0 Å². The Balaban J connectivity index is 1.22. The first-order valence-corrected chi connectivity index (χ1v) is 14.7. The second kappa shape index (κ2) is 11.7. The second-order valence-electron chi connectivity index (χ2n) is 8.95. The SMILES string of the molecule is CC(N=Nc1nc2ccccc2s1)c1ccc(-c2cccc(S(=O)(=O)NC(=O)CCCc3ccccc3)c2)o1. The average molecular weight is 559 g/mol. The van der Waals surface area contributed by atoms with E-state index in [1.54, 1.807) is 24.3 Å². The molecule has 1 N–H and O–H groups in total. The Morgan fingerprint density at radius 2 is 1.79 bits per heavy atom. The number of nitrogens with one attached hydrogen (secondary N) is 1. The summed E-state index contributed by atoms with van der Waals surface area (Å²) in [5.74, 6) is 0.525. The minimum absolute atomic E-state index is 0.0158. The van der Waals surface area contributed by atoms with Crippen LogP contribution in [0.15, 0.2) is 111 Å². The van der Waals surface area contributed by atoms with Crippen LogP contribution in [0, 0.1) is 0 Å². The van der Waals surface area contributed by atoms with E-state index in [9.17, 15) is 13.2 Å². The fraction of sp³-hybridized carbons (Fsp3) is 0.172. The molecule has 5 aromatic rings. The molecular formula is C29H26N4O4S2. The van der Waals surface area contributed by atoms with Gasteiger partial charge in [-0.1, -0.05) is 65.9 Å². The second-order valence-corrected chi connectivity index (χ2v) is 11.6. The molecule has 8 nitrogen and oxygen atoms in total. The van der Waals surface area contributed by atoms with Gasteiger partial charge in [0.25, 0.3) is 10.0 Å². The maximum atomic E-state index is 12.9. The van der Waals surface area contributed by atoms with Gasteiger partial charge < -0.3 is 4.42 Å². The van der Waals surface area contributed by atoms with Gasteiger partial charge in [-0.2, -0.15) is 5.11 Å². The first kappa shape index (κ1) is 26.5. The zero-order valence-electron chi connectivity index (χ0n) is 21.2. The summed E-state index contributed by atoms with van der Waals surface area (Å²) in [7, 11) is -4.03. The lowest BCUT2D eigenvalue weighted by Crippen LogP contribution is -2.30. The number of hydrogen-bond acceptors (Lipinski definition) is 8. The molecule has 39 heavy (non-hydrogen) atoms. The molecule has 2 heterocycles. The smallest absolute Gasteiger partial charge is 0.264 e. The maximum Gasteiger partial charge on any atom is 0.264 e. The molecule has 1 amide bonds. The van der Waals surface area contributed by atoms with Crippen molar-refractivity contribution in [3.05, 3.63) is 102 Å². The molecule has 10 heteroatoms. The molecular weight excluding hydrogens is 532 g/mol. The standard InChI is InChI=1S/C29H26N4O4S2/c1-20(31-32-29-30-24-14-5-6-15-27(24)38-29)25-17-18-26(37-25)22-12-8-13-23(19-22)39(35,36)33-28(34)16-7-11-21-9-3-2-4-10-21/h2-6,8-10,12-15,17-20H,7,11,16H2,1H3,(H,33,34). The van der Waals surface area contributed by atoms with Crippen LogP contribution in [0.25, 0.3) is 21.5 Å². The van der Waals surface area contributed by atoms with Gasteiger partial charge in [0.1, 0.15) is 17.6 Å². The molecule has 0 fully saturated rings. The van der Waals surface area contributed by atoms with Gasteiger partial charge in [0, 0.05) is 12.0 Å². The molecule has 0 radical (unpaired) electrons. The number of aromatic nitrogens is 1. The number of nitrogens with zero attached hydrogens (tertiary/aromatic N) is 3. The van der Waals surface area contributed by atoms with Crippen LogP contribution in [0.4, 0.5) is 5.13 Å². The van der Waals surface area contributed by atoms with E-state index in [0.717, 1.165) is 15.8 Å². The lowest BCUT2D eigenvalue weighted by molar-refractivity contribution is -0.119. The number of thiazole rings is 1. The fourth-order valence-electron chi connectivity index (χ4n) is 4.00. The number of amides is 1. The number of carbonyl (C=O) groups excluding carboxylic acids is 1. The van der Waals surface area contributed by atoms with E-state index in [1.807, 2.05) is 61.5 Å². The normalized spacial score (nSPS) is 12.6. The predicted molar refractivity (Wildman–Crippen MR) is 151 cm³/mol. The van der Waals surface area contributed by atoms with Crippen LogP contribution in [0.2, 0.25) is 0 Å². The van der Waals surface area contributed by atoms with Crippen LogP contribution in [0.3, 0.4) is 0 Å². The number of sulfonamides is 1. The average Bonchev–Trinajstić information content (AvgIpc) is 3.60. The largest absolute Gasteiger partial charge is 0.459 e. The Morgan fingerprint density at radius 1 is 1.00 bits per heavy atom. The molecule has 198 valence electrons. The zero-order valence-corrected chi connectivity index (χ0v) is 22.8. The van der Waals surface area contributed by atoms with Crippen LogP contribution in [0.5, 0.6) is 0 Å². The number of furan rings is 1. The number of azo groups is 1. The molecule has 2 aromatic heterocycles. The summed E-state index contributed by atoms with van der Waals surface area (Å²) in [5, 5.41) is 9.17. The van der Waals surface area contributed by atoms with E-state index in [-0.39, 0.29) is 17.4 Å². The Hall–Kier alpha value is -4.15. The molecule has 0 aliphatic heterocycles. The Labute approximate surface area is 230 Å². The van der Waals surface area contributed by atoms with Crippen molar-refractivity contribution < 1.29 is 17.6 Å². The molecule has 0 bridgehead atoms. The first-order chi connectivity index (χ1) is 18.9. The summed E-state index contributed by atoms with van der Waals surface area (Å²) in [5.41, 5.74) is 2.55. The summed E-state index contributed by atoms with van der Waals surface area (Å²) in [6, 6.07) is 27.0. The molecule has 3 aromatic carbocycles. The lowest BCUT2D eigenvalue weighted by atomic mass is 10.1. The van der Waals surface area contributed by atoms with Gasteiger partial charge in [-0.15, -0.1) is 5.11 Å². The lowest BCUT2D eigenvalue weighted by Gasteiger charge is -2.08. The summed E-state index contributed by atoms with van der Waals surface area (Å²) < 4.78 is 34.9. The van der Waals surface area contributed by atoms with Crippen molar-refractivity contribution in [2.75, 3.05) is 0 Å². The summed E-state index contributed by atoms with van der Waals surface area (Å²) in [4.78, 5) is 16.8. The number of fused-ring (bicyclic) bond motifs is 1. The molecule has 0 aliphatic rings. The fourth-order valence-corrected chi connectivity index (χ4v) is 5.86. The highest BCUT2D eigenvalue weighted by atomic mass is 32.2. The third-order valence-electron chi connectivity index (χ3n) is 6.03. The minimum atomic E-state index is -4.03. The molecule has 0 spiro atoms. The number of aryl methyl sites for hydroxylation is 1. The van der Waals surface area contributed by atoms with Crippen molar-refractivity contribution in [1.82, 2.24) is 9.71 Å². The van der Waals surface area contributed by atoms with Gasteiger partial charge in [-0.3, -0.25) is 4.79 Å². The third kappa shape index (κ3) is 6.65. The van der Waals surface area contributed by atoms with E-state index in [2.05, 4.69) is 19.9 Å². The number of hydrogen-bond donors (Lipinski definition) is 1. The van der Waals surface area contributed by atoms with Gasteiger partial charge in [-0.25, -0.2) is 18.1 Å². The third-order valence-corrected chi connectivity index (χ3v) is 8.32. The maximum absolute atomic E-state index is 12.9. The minimum Gasteiger partial charge on any atom is -0.459 e. The quantitative estimate of drug-likeness (QED) is 0.182. The summed E-state index contributed by atoms with van der Waals surface area (Å²) >= 11 is 1.46. The van der Waals surface area contributed by atoms with Crippen molar-refractivity contribution >= 4 is 42.6 Å². The Morgan fingerprint density at radius 3 is 2.62 bits per heavy atom. The van der Waals surface area contributed by atoms with Crippen LogP contribution in [-0.4, -0.2) is 19.3 Å². The number of carbonyl (C=O) groups is 1. The highest BCUT2D eigenvalue weighted by molar-refractivity contribution is 7.90. The van der Waals surface area contributed by atoms with Crippen LogP contribution < -0.4 is 4.72 Å². The van der Waals surface area contributed by atoms with Crippen molar-refractivity contribution in [3.63, 3.8) is 0 Å². The number of para-hydroxylation sites is 1. The molecule has 0 saturated carbocycles. The van der Waals surface area contributed by atoms with Crippen molar-refractivity contribution in [2.24, 2.45) is 10.2 Å².